The minimum Gasteiger partial charge on any atom is -0.302 e. The van der Waals surface area contributed by atoms with Crippen molar-refractivity contribution in [2.75, 3.05) is 0 Å². The summed E-state index contributed by atoms with van der Waals surface area (Å²) in [6, 6.07) is 16.4. The molecule has 2 aromatic rings. The van der Waals surface area contributed by atoms with Gasteiger partial charge in [-0.1, -0.05) is 51.8 Å². The monoisotopic (exact) mass is 334 g/mol. The minimum atomic E-state index is 0.249. The van der Waals surface area contributed by atoms with E-state index in [9.17, 15) is 0 Å². The molecule has 2 aromatic carbocycles. The summed E-state index contributed by atoms with van der Waals surface area (Å²) in [5.74, 6) is 0. The van der Waals surface area contributed by atoms with E-state index in [1.165, 1.54) is 5.56 Å². The van der Waals surface area contributed by atoms with Crippen molar-refractivity contribution in [3.63, 3.8) is 0 Å². The van der Waals surface area contributed by atoms with Crippen LogP contribution in [0.1, 0.15) is 23.6 Å². The van der Waals surface area contributed by atoms with Crippen LogP contribution in [0.15, 0.2) is 58.1 Å². The molecule has 0 bridgehead atoms. The fraction of sp³-hybridized carbons (Fsp3) is 0.133. The molecule has 0 aliphatic carbocycles. The summed E-state index contributed by atoms with van der Waals surface area (Å²) in [6.07, 6.45) is 0.892. The normalized spacial score (nSPS) is 18.0. The second kappa shape index (κ2) is 5.35. The van der Waals surface area contributed by atoms with Crippen molar-refractivity contribution in [1.82, 2.24) is 5.43 Å². The second-order valence-corrected chi connectivity index (χ2v) is 5.85. The summed E-state index contributed by atoms with van der Waals surface area (Å²) in [5, 5.41) is 5.18. The third-order valence-electron chi connectivity index (χ3n) is 3.20. The number of rotatable bonds is 2. The zero-order chi connectivity index (χ0) is 13.2. The van der Waals surface area contributed by atoms with Crippen LogP contribution in [0.2, 0.25) is 5.02 Å². The molecular weight excluding hydrogens is 324 g/mol. The van der Waals surface area contributed by atoms with E-state index in [0.717, 1.165) is 27.2 Å². The number of hydrogen-bond acceptors (Lipinski definition) is 2. The number of halogens is 2. The summed E-state index contributed by atoms with van der Waals surface area (Å²) in [7, 11) is 0. The number of hydrazone groups is 1. The summed E-state index contributed by atoms with van der Waals surface area (Å²) in [6.45, 7) is 0. The lowest BCUT2D eigenvalue weighted by Gasteiger charge is -2.10. The number of nitrogens with one attached hydrogen (secondary N) is 1. The summed E-state index contributed by atoms with van der Waals surface area (Å²) >= 11 is 9.35. The number of nitrogens with zero attached hydrogens (tertiary/aromatic N) is 1. The van der Waals surface area contributed by atoms with Crippen molar-refractivity contribution < 1.29 is 0 Å². The van der Waals surface area contributed by atoms with Crippen molar-refractivity contribution in [3.05, 3.63) is 69.2 Å². The zero-order valence-corrected chi connectivity index (χ0v) is 12.4. The molecule has 4 heteroatoms. The highest BCUT2D eigenvalue weighted by molar-refractivity contribution is 9.10. The fourth-order valence-electron chi connectivity index (χ4n) is 2.15. The van der Waals surface area contributed by atoms with Crippen molar-refractivity contribution in [2.45, 2.75) is 12.5 Å². The van der Waals surface area contributed by atoms with Crippen molar-refractivity contribution >= 4 is 33.2 Å². The molecular formula is C15H12BrClN2. The van der Waals surface area contributed by atoms with E-state index in [1.54, 1.807) is 0 Å². The van der Waals surface area contributed by atoms with Crippen LogP contribution in [0.25, 0.3) is 0 Å². The van der Waals surface area contributed by atoms with Crippen LogP contribution in [0.4, 0.5) is 0 Å². The Kier molecular flexibility index (Phi) is 3.58. The van der Waals surface area contributed by atoms with Gasteiger partial charge >= 0.3 is 0 Å². The first-order chi connectivity index (χ1) is 9.22. The molecule has 1 atom stereocenters. The van der Waals surface area contributed by atoms with Crippen molar-refractivity contribution in [1.29, 1.82) is 0 Å². The average molecular weight is 336 g/mol. The molecule has 0 aromatic heterocycles. The zero-order valence-electron chi connectivity index (χ0n) is 10.1. The highest BCUT2D eigenvalue weighted by atomic mass is 79.9. The molecule has 0 radical (unpaired) electrons. The average Bonchev–Trinajstić information content (AvgIpc) is 2.90. The molecule has 0 saturated heterocycles. The maximum Gasteiger partial charge on any atom is 0.0745 e. The quantitative estimate of drug-likeness (QED) is 0.856. The van der Waals surface area contributed by atoms with Gasteiger partial charge in [-0.05, 0) is 35.4 Å². The van der Waals surface area contributed by atoms with Crippen LogP contribution >= 0.6 is 27.5 Å². The molecule has 0 saturated carbocycles. The van der Waals surface area contributed by atoms with Gasteiger partial charge in [-0.2, -0.15) is 5.10 Å². The van der Waals surface area contributed by atoms with E-state index >= 15 is 0 Å². The summed E-state index contributed by atoms with van der Waals surface area (Å²) < 4.78 is 1.09. The number of hydrogen-bond donors (Lipinski definition) is 1. The Balaban J connectivity index is 1.76. The van der Waals surface area contributed by atoms with E-state index in [-0.39, 0.29) is 6.04 Å². The Bertz CT molecular complexity index is 605. The topological polar surface area (TPSA) is 24.4 Å². The molecule has 1 aliphatic heterocycles. The van der Waals surface area contributed by atoms with Gasteiger partial charge in [0.15, 0.2) is 0 Å². The van der Waals surface area contributed by atoms with Gasteiger partial charge in [0.05, 0.1) is 11.8 Å². The standard InChI is InChI=1S/C15H12BrClN2/c16-12-5-1-10(2-6-12)14-9-15(19-18-14)11-3-7-13(17)8-4-11/h1-8,14,18H,9H2. The van der Waals surface area contributed by atoms with E-state index in [1.807, 2.05) is 24.3 Å². The van der Waals surface area contributed by atoms with Gasteiger partial charge < -0.3 is 5.43 Å². The Morgan fingerprint density at radius 2 is 1.74 bits per heavy atom. The lowest BCUT2D eigenvalue weighted by Crippen LogP contribution is -2.09. The van der Waals surface area contributed by atoms with E-state index in [0.29, 0.717) is 0 Å². The Hall–Kier alpha value is -1.32. The van der Waals surface area contributed by atoms with E-state index < -0.39 is 0 Å². The third-order valence-corrected chi connectivity index (χ3v) is 3.98. The molecule has 1 aliphatic rings. The van der Waals surface area contributed by atoms with Gasteiger partial charge in [-0.25, -0.2) is 0 Å². The molecule has 96 valence electrons. The van der Waals surface area contributed by atoms with Gasteiger partial charge in [0.2, 0.25) is 0 Å². The van der Waals surface area contributed by atoms with Crippen LogP contribution in [-0.2, 0) is 0 Å². The Morgan fingerprint density at radius 3 is 2.42 bits per heavy atom. The first-order valence-corrected chi connectivity index (χ1v) is 7.23. The minimum absolute atomic E-state index is 0.249. The van der Waals surface area contributed by atoms with Gasteiger partial charge in [0.25, 0.3) is 0 Å². The predicted octanol–water partition coefficient (Wildman–Crippen LogP) is 4.54. The second-order valence-electron chi connectivity index (χ2n) is 4.50. The molecule has 2 nitrogen and oxygen atoms in total. The van der Waals surface area contributed by atoms with Gasteiger partial charge in [0, 0.05) is 15.9 Å². The van der Waals surface area contributed by atoms with Crippen molar-refractivity contribution in [3.8, 4) is 0 Å². The van der Waals surface area contributed by atoms with E-state index in [4.69, 9.17) is 11.6 Å². The molecule has 19 heavy (non-hydrogen) atoms. The van der Waals surface area contributed by atoms with Crippen LogP contribution in [0.5, 0.6) is 0 Å². The van der Waals surface area contributed by atoms with Crippen LogP contribution < -0.4 is 5.43 Å². The molecule has 0 spiro atoms. The van der Waals surface area contributed by atoms with Gasteiger partial charge in [-0.15, -0.1) is 0 Å². The molecule has 3 rings (SSSR count). The SMILES string of the molecule is Clc1ccc(C2=NNC(c3ccc(Br)cc3)C2)cc1. The third kappa shape index (κ3) is 2.82. The molecule has 1 N–H and O–H groups in total. The lowest BCUT2D eigenvalue weighted by molar-refractivity contribution is 0.620. The van der Waals surface area contributed by atoms with E-state index in [2.05, 4.69) is 50.7 Å². The molecule has 0 fully saturated rings. The summed E-state index contributed by atoms with van der Waals surface area (Å²) in [4.78, 5) is 0. The summed E-state index contributed by atoms with van der Waals surface area (Å²) in [5.41, 5.74) is 6.64. The van der Waals surface area contributed by atoms with Gasteiger partial charge in [0.1, 0.15) is 0 Å². The Labute approximate surface area is 125 Å². The number of benzene rings is 2. The van der Waals surface area contributed by atoms with Crippen LogP contribution in [0.3, 0.4) is 0 Å². The lowest BCUT2D eigenvalue weighted by atomic mass is 9.99. The van der Waals surface area contributed by atoms with Crippen LogP contribution in [-0.4, -0.2) is 5.71 Å². The smallest absolute Gasteiger partial charge is 0.0745 e. The van der Waals surface area contributed by atoms with Crippen molar-refractivity contribution in [2.24, 2.45) is 5.10 Å². The first kappa shape index (κ1) is 12.7. The fourth-order valence-corrected chi connectivity index (χ4v) is 2.54. The molecule has 0 amide bonds. The largest absolute Gasteiger partial charge is 0.302 e. The predicted molar refractivity (Wildman–Crippen MR) is 82.6 cm³/mol. The highest BCUT2D eigenvalue weighted by Crippen LogP contribution is 2.26. The molecule has 1 unspecified atom stereocenters. The maximum atomic E-state index is 5.90. The highest BCUT2D eigenvalue weighted by Gasteiger charge is 2.20. The Morgan fingerprint density at radius 1 is 1.05 bits per heavy atom. The van der Waals surface area contributed by atoms with Crippen LogP contribution in [0, 0.1) is 0 Å². The van der Waals surface area contributed by atoms with Gasteiger partial charge in [-0.3, -0.25) is 0 Å². The maximum absolute atomic E-state index is 5.90. The molecule has 1 heterocycles. The first-order valence-electron chi connectivity index (χ1n) is 6.06.